The minimum absolute atomic E-state index is 0.0852. The second kappa shape index (κ2) is 4.58. The Morgan fingerprint density at radius 2 is 2.22 bits per heavy atom. The molecule has 7 heteroatoms. The standard InChI is InChI=1S/C11H13NO5S/c1-7(13)5-10-9-4-3-8(16-2)6-11(9)17-18(14,15)12-10/h3-4,6,10,12H,5H2,1-2H3/t10-/m0/s1. The van der Waals surface area contributed by atoms with Crippen molar-refractivity contribution in [3.05, 3.63) is 23.8 Å². The smallest absolute Gasteiger partial charge is 0.383 e. The van der Waals surface area contributed by atoms with Crippen LogP contribution in [0.1, 0.15) is 24.9 Å². The average molecular weight is 271 g/mol. The molecule has 2 rings (SSSR count). The molecule has 18 heavy (non-hydrogen) atoms. The van der Waals surface area contributed by atoms with Gasteiger partial charge in [0.25, 0.3) is 0 Å². The van der Waals surface area contributed by atoms with E-state index >= 15 is 0 Å². The molecule has 98 valence electrons. The SMILES string of the molecule is COc1ccc2c(c1)OS(=O)(=O)N[C@H]2CC(C)=O. The first kappa shape index (κ1) is 12.8. The van der Waals surface area contributed by atoms with E-state index in [1.54, 1.807) is 12.1 Å². The van der Waals surface area contributed by atoms with Crippen LogP contribution in [-0.4, -0.2) is 21.3 Å². The normalized spacial score (nSPS) is 20.7. The van der Waals surface area contributed by atoms with Gasteiger partial charge in [-0.2, -0.15) is 13.1 Å². The van der Waals surface area contributed by atoms with E-state index in [1.807, 2.05) is 0 Å². The van der Waals surface area contributed by atoms with E-state index in [0.717, 1.165) is 0 Å². The number of ketones is 1. The van der Waals surface area contributed by atoms with Crippen LogP contribution in [0.4, 0.5) is 0 Å². The quantitative estimate of drug-likeness (QED) is 0.884. The second-order valence-corrected chi connectivity index (χ2v) is 5.33. The van der Waals surface area contributed by atoms with Crippen molar-refractivity contribution in [1.29, 1.82) is 0 Å². The molecule has 0 radical (unpaired) electrons. The van der Waals surface area contributed by atoms with Crippen LogP contribution in [0, 0.1) is 0 Å². The van der Waals surface area contributed by atoms with Crippen molar-refractivity contribution in [1.82, 2.24) is 4.72 Å². The van der Waals surface area contributed by atoms with Crippen molar-refractivity contribution in [3.63, 3.8) is 0 Å². The number of methoxy groups -OCH3 is 1. The summed E-state index contributed by atoms with van der Waals surface area (Å²) >= 11 is 0. The molecule has 0 aromatic heterocycles. The highest BCUT2D eigenvalue weighted by atomic mass is 32.2. The van der Waals surface area contributed by atoms with Gasteiger partial charge in [-0.25, -0.2) is 0 Å². The zero-order chi connectivity index (χ0) is 13.3. The maximum absolute atomic E-state index is 11.5. The zero-order valence-electron chi connectivity index (χ0n) is 9.97. The van der Waals surface area contributed by atoms with Gasteiger partial charge in [-0.05, 0) is 19.1 Å². The minimum atomic E-state index is -3.87. The molecule has 1 N–H and O–H groups in total. The Morgan fingerprint density at radius 1 is 1.50 bits per heavy atom. The van der Waals surface area contributed by atoms with Crippen LogP contribution in [0.5, 0.6) is 11.5 Å². The molecular weight excluding hydrogens is 258 g/mol. The van der Waals surface area contributed by atoms with Crippen molar-refractivity contribution in [2.75, 3.05) is 7.11 Å². The van der Waals surface area contributed by atoms with Gasteiger partial charge in [0.15, 0.2) is 5.75 Å². The predicted molar refractivity (Wildman–Crippen MR) is 63.7 cm³/mol. The number of ether oxygens (including phenoxy) is 1. The number of carbonyl (C=O) groups excluding carboxylic acids is 1. The van der Waals surface area contributed by atoms with E-state index in [1.165, 1.54) is 20.1 Å². The number of rotatable bonds is 3. The lowest BCUT2D eigenvalue weighted by atomic mass is 10.0. The minimum Gasteiger partial charge on any atom is -0.497 e. The number of hydrogen-bond donors (Lipinski definition) is 1. The molecule has 0 amide bonds. The molecule has 0 saturated heterocycles. The first-order chi connectivity index (χ1) is 8.41. The predicted octanol–water partition coefficient (Wildman–Crippen LogP) is 0.942. The highest BCUT2D eigenvalue weighted by molar-refractivity contribution is 7.85. The fourth-order valence-corrected chi connectivity index (χ4v) is 2.81. The molecule has 1 aliphatic rings. The highest BCUT2D eigenvalue weighted by Gasteiger charge is 2.31. The zero-order valence-corrected chi connectivity index (χ0v) is 10.8. The lowest BCUT2D eigenvalue weighted by Crippen LogP contribution is -2.37. The Hall–Kier alpha value is -1.60. The van der Waals surface area contributed by atoms with E-state index in [-0.39, 0.29) is 18.0 Å². The molecule has 1 aromatic rings. The Labute approximate surface area is 105 Å². The average Bonchev–Trinajstić information content (AvgIpc) is 2.25. The fourth-order valence-electron chi connectivity index (χ4n) is 1.82. The lowest BCUT2D eigenvalue weighted by Gasteiger charge is -2.25. The first-order valence-electron chi connectivity index (χ1n) is 5.30. The second-order valence-electron chi connectivity index (χ2n) is 4.02. The third-order valence-electron chi connectivity index (χ3n) is 2.57. The van der Waals surface area contributed by atoms with Crippen molar-refractivity contribution < 1.29 is 22.1 Å². The summed E-state index contributed by atoms with van der Waals surface area (Å²) in [6.07, 6.45) is 0.0852. The third-order valence-corrected chi connectivity index (χ3v) is 3.55. The highest BCUT2D eigenvalue weighted by Crippen LogP contribution is 2.35. The van der Waals surface area contributed by atoms with Gasteiger partial charge in [0.1, 0.15) is 11.5 Å². The largest absolute Gasteiger partial charge is 0.497 e. The third kappa shape index (κ3) is 2.62. The summed E-state index contributed by atoms with van der Waals surface area (Å²) in [5, 5.41) is 0. The maximum atomic E-state index is 11.5. The van der Waals surface area contributed by atoms with E-state index in [9.17, 15) is 13.2 Å². The van der Waals surface area contributed by atoms with E-state index in [2.05, 4.69) is 4.72 Å². The number of nitrogens with one attached hydrogen (secondary N) is 1. The lowest BCUT2D eigenvalue weighted by molar-refractivity contribution is -0.117. The van der Waals surface area contributed by atoms with Gasteiger partial charge in [-0.3, -0.25) is 4.79 Å². The molecule has 1 aliphatic heterocycles. The molecule has 0 spiro atoms. The molecule has 0 bridgehead atoms. The van der Waals surface area contributed by atoms with E-state index in [0.29, 0.717) is 11.3 Å². The molecule has 0 aliphatic carbocycles. The summed E-state index contributed by atoms with van der Waals surface area (Å²) in [6, 6.07) is 4.27. The number of fused-ring (bicyclic) bond motifs is 1. The van der Waals surface area contributed by atoms with Crippen molar-refractivity contribution >= 4 is 16.1 Å². The molecule has 1 aromatic carbocycles. The van der Waals surface area contributed by atoms with Crippen LogP contribution >= 0.6 is 0 Å². The topological polar surface area (TPSA) is 81.7 Å². The van der Waals surface area contributed by atoms with Crippen LogP contribution in [0.2, 0.25) is 0 Å². The van der Waals surface area contributed by atoms with Crippen molar-refractivity contribution in [2.45, 2.75) is 19.4 Å². The van der Waals surface area contributed by atoms with Crippen LogP contribution in [0.15, 0.2) is 18.2 Å². The van der Waals surface area contributed by atoms with Gasteiger partial charge in [-0.1, -0.05) is 0 Å². The molecule has 1 heterocycles. The van der Waals surface area contributed by atoms with Gasteiger partial charge in [-0.15, -0.1) is 0 Å². The fraction of sp³-hybridized carbons (Fsp3) is 0.364. The van der Waals surface area contributed by atoms with Gasteiger partial charge < -0.3 is 8.92 Å². The number of Topliss-reactive ketones (excluding diaryl/α,β-unsaturated/α-hetero) is 1. The summed E-state index contributed by atoms with van der Waals surface area (Å²) in [6.45, 7) is 1.41. The molecule has 6 nitrogen and oxygen atoms in total. The Morgan fingerprint density at radius 3 is 2.83 bits per heavy atom. The number of hydrogen-bond acceptors (Lipinski definition) is 5. The Balaban J connectivity index is 2.45. The van der Waals surface area contributed by atoms with Crippen molar-refractivity contribution in [2.24, 2.45) is 0 Å². The molecule has 0 fully saturated rings. The number of benzene rings is 1. The molecule has 0 unspecified atom stereocenters. The van der Waals surface area contributed by atoms with Crippen LogP contribution < -0.4 is 13.6 Å². The van der Waals surface area contributed by atoms with Crippen LogP contribution in [0.3, 0.4) is 0 Å². The Kier molecular flexibility index (Phi) is 3.27. The molecule has 1 atom stereocenters. The van der Waals surface area contributed by atoms with Crippen molar-refractivity contribution in [3.8, 4) is 11.5 Å². The summed E-state index contributed by atoms with van der Waals surface area (Å²) in [4.78, 5) is 11.2. The van der Waals surface area contributed by atoms with E-state index < -0.39 is 16.3 Å². The summed E-state index contributed by atoms with van der Waals surface area (Å²) in [5.41, 5.74) is 0.626. The Bertz CT molecular complexity index is 581. The first-order valence-corrected chi connectivity index (χ1v) is 6.71. The monoisotopic (exact) mass is 271 g/mol. The van der Waals surface area contributed by atoms with Gasteiger partial charge >= 0.3 is 10.3 Å². The van der Waals surface area contributed by atoms with Gasteiger partial charge in [0.2, 0.25) is 0 Å². The molecule has 0 saturated carbocycles. The summed E-state index contributed by atoms with van der Waals surface area (Å²) < 4.78 is 35.2. The van der Waals surface area contributed by atoms with Crippen LogP contribution in [0.25, 0.3) is 0 Å². The number of carbonyl (C=O) groups is 1. The van der Waals surface area contributed by atoms with E-state index in [4.69, 9.17) is 8.92 Å². The maximum Gasteiger partial charge on any atom is 0.383 e. The summed E-state index contributed by atoms with van der Waals surface area (Å²) in [7, 11) is -2.40. The summed E-state index contributed by atoms with van der Waals surface area (Å²) in [5.74, 6) is 0.582. The van der Waals surface area contributed by atoms with Gasteiger partial charge in [0.05, 0.1) is 13.2 Å². The van der Waals surface area contributed by atoms with Gasteiger partial charge in [0, 0.05) is 18.1 Å². The molecular formula is C11H13NO5S. The van der Waals surface area contributed by atoms with Crippen LogP contribution in [-0.2, 0) is 15.1 Å².